The van der Waals surface area contributed by atoms with Crippen LogP contribution in [0.25, 0.3) is 0 Å². The second-order valence-corrected chi connectivity index (χ2v) is 5.68. The maximum absolute atomic E-state index is 5.78. The lowest BCUT2D eigenvalue weighted by molar-refractivity contribution is 0.556. The van der Waals surface area contributed by atoms with Gasteiger partial charge in [0.25, 0.3) is 0 Å². The molecular weight excluding hydrogens is 234 g/mol. The molecule has 0 atom stereocenters. The molecule has 0 unspecified atom stereocenters. The number of aromatic nitrogens is 3. The number of rotatable bonds is 7. The Balaban J connectivity index is 2.37. The highest BCUT2D eigenvalue weighted by Crippen LogP contribution is 2.22. The molecule has 1 aromatic rings. The summed E-state index contributed by atoms with van der Waals surface area (Å²) in [5.41, 5.74) is 5.78. The SMILES string of the molecule is CC(C)NCCCSc1nnc(N)n1C(C)C. The number of nitrogen functional groups attached to an aromatic ring is 1. The van der Waals surface area contributed by atoms with Gasteiger partial charge in [0.15, 0.2) is 5.16 Å². The van der Waals surface area contributed by atoms with Crippen LogP contribution in [0, 0.1) is 0 Å². The molecule has 17 heavy (non-hydrogen) atoms. The third-order valence-electron chi connectivity index (χ3n) is 2.31. The summed E-state index contributed by atoms with van der Waals surface area (Å²) >= 11 is 1.72. The Morgan fingerprint density at radius 1 is 1.29 bits per heavy atom. The summed E-state index contributed by atoms with van der Waals surface area (Å²) in [4.78, 5) is 0. The van der Waals surface area contributed by atoms with E-state index >= 15 is 0 Å². The van der Waals surface area contributed by atoms with Crippen molar-refractivity contribution < 1.29 is 0 Å². The van der Waals surface area contributed by atoms with E-state index < -0.39 is 0 Å². The first-order valence-corrected chi connectivity index (χ1v) is 7.07. The van der Waals surface area contributed by atoms with Gasteiger partial charge in [0, 0.05) is 17.8 Å². The van der Waals surface area contributed by atoms with Gasteiger partial charge in [0.1, 0.15) is 0 Å². The number of nitrogens with one attached hydrogen (secondary N) is 1. The molecule has 6 heteroatoms. The predicted octanol–water partition coefficient (Wildman–Crippen LogP) is 1.92. The number of nitrogens with zero attached hydrogens (tertiary/aromatic N) is 3. The first-order valence-electron chi connectivity index (χ1n) is 6.09. The van der Waals surface area contributed by atoms with Crippen LogP contribution < -0.4 is 11.1 Å². The Morgan fingerprint density at radius 3 is 2.59 bits per heavy atom. The van der Waals surface area contributed by atoms with E-state index in [0.29, 0.717) is 18.0 Å². The van der Waals surface area contributed by atoms with Crippen molar-refractivity contribution in [1.29, 1.82) is 0 Å². The van der Waals surface area contributed by atoms with Crippen LogP contribution in [-0.4, -0.2) is 33.1 Å². The molecule has 1 heterocycles. The maximum atomic E-state index is 5.78. The second kappa shape index (κ2) is 6.86. The van der Waals surface area contributed by atoms with Crippen LogP contribution in [0.15, 0.2) is 5.16 Å². The molecule has 0 saturated carbocycles. The van der Waals surface area contributed by atoms with E-state index in [1.807, 2.05) is 4.57 Å². The van der Waals surface area contributed by atoms with Gasteiger partial charge in [0.05, 0.1) is 0 Å². The van der Waals surface area contributed by atoms with Crippen LogP contribution in [-0.2, 0) is 0 Å². The van der Waals surface area contributed by atoms with Gasteiger partial charge < -0.3 is 11.1 Å². The van der Waals surface area contributed by atoms with Gasteiger partial charge in [-0.25, -0.2) is 0 Å². The van der Waals surface area contributed by atoms with Gasteiger partial charge in [0.2, 0.25) is 5.95 Å². The van der Waals surface area contributed by atoms with Gasteiger partial charge in [-0.1, -0.05) is 25.6 Å². The van der Waals surface area contributed by atoms with E-state index in [1.165, 1.54) is 0 Å². The average Bonchev–Trinajstić information content (AvgIpc) is 2.59. The Labute approximate surface area is 108 Å². The lowest BCUT2D eigenvalue weighted by atomic mass is 10.4. The van der Waals surface area contributed by atoms with Gasteiger partial charge in [-0.05, 0) is 26.8 Å². The van der Waals surface area contributed by atoms with Crippen LogP contribution in [0.1, 0.15) is 40.2 Å². The monoisotopic (exact) mass is 257 g/mol. The smallest absolute Gasteiger partial charge is 0.222 e. The molecule has 0 aliphatic carbocycles. The van der Waals surface area contributed by atoms with Gasteiger partial charge >= 0.3 is 0 Å². The van der Waals surface area contributed by atoms with Crippen molar-refractivity contribution in [1.82, 2.24) is 20.1 Å². The molecule has 98 valence electrons. The minimum absolute atomic E-state index is 0.307. The van der Waals surface area contributed by atoms with Gasteiger partial charge in [-0.3, -0.25) is 4.57 Å². The molecule has 5 nitrogen and oxygen atoms in total. The average molecular weight is 257 g/mol. The highest BCUT2D eigenvalue weighted by atomic mass is 32.2. The van der Waals surface area contributed by atoms with Crippen LogP contribution in [0.4, 0.5) is 5.95 Å². The normalized spacial score (nSPS) is 11.6. The molecule has 0 radical (unpaired) electrons. The summed E-state index contributed by atoms with van der Waals surface area (Å²) in [6.45, 7) is 9.52. The fraction of sp³-hybridized carbons (Fsp3) is 0.818. The molecule has 0 spiro atoms. The first kappa shape index (κ1) is 14.3. The van der Waals surface area contributed by atoms with Crippen LogP contribution in [0.2, 0.25) is 0 Å². The Hall–Kier alpha value is -0.750. The van der Waals surface area contributed by atoms with Gasteiger partial charge in [-0.2, -0.15) is 0 Å². The van der Waals surface area contributed by atoms with E-state index in [-0.39, 0.29) is 0 Å². The second-order valence-electron chi connectivity index (χ2n) is 4.62. The third kappa shape index (κ3) is 4.55. The zero-order chi connectivity index (χ0) is 12.8. The summed E-state index contributed by atoms with van der Waals surface area (Å²) in [5, 5.41) is 12.3. The maximum Gasteiger partial charge on any atom is 0.222 e. The fourth-order valence-corrected chi connectivity index (χ4v) is 2.51. The van der Waals surface area contributed by atoms with E-state index in [1.54, 1.807) is 11.8 Å². The molecule has 0 aromatic carbocycles. The number of anilines is 1. The van der Waals surface area contributed by atoms with E-state index in [0.717, 1.165) is 23.9 Å². The van der Waals surface area contributed by atoms with Crippen LogP contribution in [0.5, 0.6) is 0 Å². The molecule has 3 N–H and O–H groups in total. The zero-order valence-corrected chi connectivity index (χ0v) is 11.9. The molecule has 0 fully saturated rings. The predicted molar refractivity (Wildman–Crippen MR) is 73.3 cm³/mol. The Kier molecular flexibility index (Phi) is 5.77. The lowest BCUT2D eigenvalue weighted by Gasteiger charge is -2.11. The van der Waals surface area contributed by atoms with Crippen molar-refractivity contribution in [2.45, 2.75) is 51.4 Å². The number of hydrogen-bond donors (Lipinski definition) is 2. The van der Waals surface area contributed by atoms with Gasteiger partial charge in [-0.15, -0.1) is 10.2 Å². The standard InChI is InChI=1S/C11H23N5S/c1-8(2)13-6-5-7-17-11-15-14-10(12)16(11)9(3)4/h8-9,13H,5-7H2,1-4H3,(H2,12,14). The topological polar surface area (TPSA) is 68.8 Å². The number of thioether (sulfide) groups is 1. The molecule has 0 bridgehead atoms. The Bertz CT molecular complexity index is 335. The van der Waals surface area contributed by atoms with Crippen molar-refractivity contribution in [3.8, 4) is 0 Å². The zero-order valence-electron chi connectivity index (χ0n) is 11.1. The molecule has 0 aliphatic rings. The molecular formula is C11H23N5S. The van der Waals surface area contributed by atoms with Crippen molar-refractivity contribution in [3.05, 3.63) is 0 Å². The Morgan fingerprint density at radius 2 is 2.00 bits per heavy atom. The highest BCUT2D eigenvalue weighted by Gasteiger charge is 2.12. The number of nitrogens with two attached hydrogens (primary N) is 1. The van der Waals surface area contributed by atoms with Crippen molar-refractivity contribution >= 4 is 17.7 Å². The largest absolute Gasteiger partial charge is 0.368 e. The lowest BCUT2D eigenvalue weighted by Crippen LogP contribution is -2.23. The number of hydrogen-bond acceptors (Lipinski definition) is 5. The molecule has 1 rings (SSSR count). The van der Waals surface area contributed by atoms with Crippen molar-refractivity contribution in [2.24, 2.45) is 0 Å². The minimum Gasteiger partial charge on any atom is -0.368 e. The third-order valence-corrected chi connectivity index (χ3v) is 3.34. The summed E-state index contributed by atoms with van der Waals surface area (Å²) < 4.78 is 1.97. The van der Waals surface area contributed by atoms with Crippen LogP contribution >= 0.6 is 11.8 Å². The van der Waals surface area contributed by atoms with E-state index in [2.05, 4.69) is 43.2 Å². The van der Waals surface area contributed by atoms with E-state index in [9.17, 15) is 0 Å². The molecule has 0 aliphatic heterocycles. The molecule has 0 saturated heterocycles. The summed E-state index contributed by atoms with van der Waals surface area (Å²) in [6, 6.07) is 0.858. The highest BCUT2D eigenvalue weighted by molar-refractivity contribution is 7.99. The van der Waals surface area contributed by atoms with E-state index in [4.69, 9.17) is 5.73 Å². The van der Waals surface area contributed by atoms with Crippen LogP contribution in [0.3, 0.4) is 0 Å². The van der Waals surface area contributed by atoms with Crippen molar-refractivity contribution in [3.63, 3.8) is 0 Å². The molecule has 0 amide bonds. The summed E-state index contributed by atoms with van der Waals surface area (Å²) in [6.07, 6.45) is 1.12. The summed E-state index contributed by atoms with van der Waals surface area (Å²) in [5.74, 6) is 1.53. The fourth-order valence-electron chi connectivity index (χ4n) is 1.50. The van der Waals surface area contributed by atoms with Crippen molar-refractivity contribution in [2.75, 3.05) is 18.0 Å². The first-order chi connectivity index (χ1) is 8.02. The molecule has 1 aromatic heterocycles. The quantitative estimate of drug-likeness (QED) is 0.577. The summed E-state index contributed by atoms with van der Waals surface area (Å²) in [7, 11) is 0. The minimum atomic E-state index is 0.307.